The van der Waals surface area contributed by atoms with Crippen molar-refractivity contribution in [3.05, 3.63) is 69.1 Å². The highest BCUT2D eigenvalue weighted by atomic mass is 16.2. The van der Waals surface area contributed by atoms with Crippen LogP contribution in [0.5, 0.6) is 0 Å². The molecule has 0 radical (unpaired) electrons. The van der Waals surface area contributed by atoms with Crippen LogP contribution in [-0.4, -0.2) is 17.4 Å². The molecule has 0 bridgehead atoms. The van der Waals surface area contributed by atoms with Gasteiger partial charge in [-0.3, -0.25) is 9.59 Å². The molecule has 0 spiro atoms. The van der Waals surface area contributed by atoms with Crippen LogP contribution >= 0.6 is 0 Å². The van der Waals surface area contributed by atoms with Crippen molar-refractivity contribution in [2.45, 2.75) is 32.1 Å². The Hall–Kier alpha value is -2.36. The minimum absolute atomic E-state index is 0.176. The van der Waals surface area contributed by atoms with E-state index in [0.717, 1.165) is 25.0 Å². The number of hydrogen-bond acceptors (Lipinski definition) is 2. The predicted octanol–water partition coefficient (Wildman–Crippen LogP) is 2.53. The van der Waals surface area contributed by atoms with Crippen LogP contribution in [0.3, 0.4) is 0 Å². The summed E-state index contributed by atoms with van der Waals surface area (Å²) in [6.07, 6.45) is 3.32. The molecule has 0 fully saturated rings. The largest absolute Gasteiger partial charge is 0.351 e. The number of pyridine rings is 1. The molecule has 3 rings (SSSR count). The third kappa shape index (κ3) is 2.96. The molecular formula is C18H20N2O2. The summed E-state index contributed by atoms with van der Waals surface area (Å²) < 4.78 is 0. The molecule has 4 heteroatoms. The summed E-state index contributed by atoms with van der Waals surface area (Å²) in [5.41, 5.74) is 3.30. The predicted molar refractivity (Wildman–Crippen MR) is 86.3 cm³/mol. The van der Waals surface area contributed by atoms with Gasteiger partial charge in [-0.25, -0.2) is 0 Å². The molecule has 4 nitrogen and oxygen atoms in total. The lowest BCUT2D eigenvalue weighted by molar-refractivity contribution is 0.0948. The van der Waals surface area contributed by atoms with Gasteiger partial charge in [0.1, 0.15) is 5.56 Å². The fourth-order valence-electron chi connectivity index (χ4n) is 3.13. The number of fused-ring (bicyclic) bond motifs is 1. The van der Waals surface area contributed by atoms with Crippen molar-refractivity contribution in [1.82, 2.24) is 10.3 Å². The molecule has 2 N–H and O–H groups in total. The summed E-state index contributed by atoms with van der Waals surface area (Å²) in [6, 6.07) is 11.7. The lowest BCUT2D eigenvalue weighted by Gasteiger charge is -2.25. The number of carbonyl (C=O) groups is 1. The number of benzene rings is 1. The summed E-state index contributed by atoms with van der Waals surface area (Å²) in [5.74, 6) is 0.0303. The van der Waals surface area contributed by atoms with Gasteiger partial charge >= 0.3 is 0 Å². The highest BCUT2D eigenvalue weighted by molar-refractivity contribution is 5.93. The van der Waals surface area contributed by atoms with Crippen molar-refractivity contribution in [2.75, 3.05) is 6.54 Å². The fourth-order valence-corrected chi connectivity index (χ4v) is 3.13. The van der Waals surface area contributed by atoms with Crippen molar-refractivity contribution in [3.8, 4) is 0 Å². The molecule has 1 aliphatic rings. The topological polar surface area (TPSA) is 62.0 Å². The van der Waals surface area contributed by atoms with E-state index in [4.69, 9.17) is 0 Å². The molecule has 1 amide bonds. The highest BCUT2D eigenvalue weighted by Crippen LogP contribution is 2.30. The maximum atomic E-state index is 12.2. The van der Waals surface area contributed by atoms with Crippen molar-refractivity contribution < 1.29 is 4.79 Å². The first kappa shape index (κ1) is 14.6. The zero-order valence-corrected chi connectivity index (χ0v) is 12.7. The molecule has 1 aromatic heterocycles. The molecule has 1 atom stereocenters. The molecule has 0 unspecified atom stereocenters. The van der Waals surface area contributed by atoms with Gasteiger partial charge in [-0.05, 0) is 49.4 Å². The number of hydrogen-bond donors (Lipinski definition) is 2. The van der Waals surface area contributed by atoms with E-state index in [0.29, 0.717) is 12.5 Å². The van der Waals surface area contributed by atoms with Crippen LogP contribution in [0.1, 0.15) is 45.9 Å². The third-order valence-electron chi connectivity index (χ3n) is 4.30. The van der Waals surface area contributed by atoms with Gasteiger partial charge in [0.2, 0.25) is 0 Å². The Morgan fingerprint density at radius 3 is 2.91 bits per heavy atom. The number of amides is 1. The lowest BCUT2D eigenvalue weighted by atomic mass is 9.83. The number of carbonyl (C=O) groups excluding carboxylic acids is 1. The van der Waals surface area contributed by atoms with Gasteiger partial charge in [0.25, 0.3) is 11.5 Å². The third-order valence-corrected chi connectivity index (χ3v) is 4.30. The number of nitrogens with one attached hydrogen (secondary N) is 2. The molecule has 2 aromatic rings. The summed E-state index contributed by atoms with van der Waals surface area (Å²) in [4.78, 5) is 26.7. The smallest absolute Gasteiger partial charge is 0.260 e. The van der Waals surface area contributed by atoms with Gasteiger partial charge in [0.05, 0.1) is 0 Å². The van der Waals surface area contributed by atoms with Crippen molar-refractivity contribution in [1.29, 1.82) is 0 Å². The number of aromatic amines is 1. The average molecular weight is 296 g/mol. The maximum absolute atomic E-state index is 12.2. The monoisotopic (exact) mass is 296 g/mol. The first-order valence-corrected chi connectivity index (χ1v) is 7.71. The Kier molecular flexibility index (Phi) is 4.09. The normalized spacial score (nSPS) is 16.9. The number of rotatable bonds is 3. The van der Waals surface area contributed by atoms with Crippen molar-refractivity contribution in [2.24, 2.45) is 0 Å². The summed E-state index contributed by atoms with van der Waals surface area (Å²) in [5, 5.41) is 2.91. The highest BCUT2D eigenvalue weighted by Gasteiger charge is 2.20. The number of aryl methyl sites for hydroxylation is 2. The van der Waals surface area contributed by atoms with Gasteiger partial charge < -0.3 is 10.3 Å². The van der Waals surface area contributed by atoms with E-state index in [1.807, 2.05) is 6.07 Å². The SMILES string of the molecule is Cc1ccc(C(=O)NC[C@@H]2CCCc3ccccc32)c(=O)[nH]1. The Bertz CT molecular complexity index is 749. The van der Waals surface area contributed by atoms with E-state index in [1.165, 1.54) is 11.1 Å². The van der Waals surface area contributed by atoms with Crippen LogP contribution < -0.4 is 10.9 Å². The Labute approximate surface area is 129 Å². The van der Waals surface area contributed by atoms with E-state index >= 15 is 0 Å². The zero-order valence-electron chi connectivity index (χ0n) is 12.7. The lowest BCUT2D eigenvalue weighted by Crippen LogP contribution is -2.33. The van der Waals surface area contributed by atoms with E-state index in [9.17, 15) is 9.59 Å². The molecule has 1 aromatic carbocycles. The Morgan fingerprint density at radius 1 is 1.27 bits per heavy atom. The second kappa shape index (κ2) is 6.18. The Balaban J connectivity index is 1.71. The van der Waals surface area contributed by atoms with E-state index in [-0.39, 0.29) is 17.0 Å². The fraction of sp³-hybridized carbons (Fsp3) is 0.333. The molecule has 114 valence electrons. The van der Waals surface area contributed by atoms with Crippen LogP contribution in [-0.2, 0) is 6.42 Å². The number of H-pyrrole nitrogens is 1. The van der Waals surface area contributed by atoms with E-state index in [2.05, 4.69) is 28.5 Å². The van der Waals surface area contributed by atoms with Crippen LogP contribution in [0.4, 0.5) is 0 Å². The van der Waals surface area contributed by atoms with Gasteiger partial charge in [0.15, 0.2) is 0 Å². The second-order valence-corrected chi connectivity index (χ2v) is 5.88. The minimum Gasteiger partial charge on any atom is -0.351 e. The van der Waals surface area contributed by atoms with Crippen molar-refractivity contribution in [3.63, 3.8) is 0 Å². The average Bonchev–Trinajstić information content (AvgIpc) is 2.52. The first-order valence-electron chi connectivity index (χ1n) is 7.71. The molecule has 0 saturated carbocycles. The van der Waals surface area contributed by atoms with Crippen LogP contribution in [0.15, 0.2) is 41.2 Å². The molecule has 0 saturated heterocycles. The number of aromatic nitrogens is 1. The van der Waals surface area contributed by atoms with Gasteiger partial charge in [-0.15, -0.1) is 0 Å². The minimum atomic E-state index is -0.332. The standard InChI is InChI=1S/C18H20N2O2/c1-12-9-10-16(18(22)20-12)17(21)19-11-14-7-4-6-13-5-2-3-8-15(13)14/h2-3,5,8-10,14H,4,6-7,11H2,1H3,(H,19,21)(H,20,22)/t14-/m0/s1. The maximum Gasteiger partial charge on any atom is 0.260 e. The van der Waals surface area contributed by atoms with Gasteiger partial charge in [-0.1, -0.05) is 24.3 Å². The van der Waals surface area contributed by atoms with Gasteiger partial charge in [0, 0.05) is 18.2 Å². The Morgan fingerprint density at radius 2 is 2.09 bits per heavy atom. The van der Waals surface area contributed by atoms with E-state index in [1.54, 1.807) is 19.1 Å². The zero-order chi connectivity index (χ0) is 15.5. The molecule has 0 aliphatic heterocycles. The van der Waals surface area contributed by atoms with E-state index < -0.39 is 0 Å². The van der Waals surface area contributed by atoms with Crippen LogP contribution in [0.2, 0.25) is 0 Å². The molecular weight excluding hydrogens is 276 g/mol. The second-order valence-electron chi connectivity index (χ2n) is 5.88. The van der Waals surface area contributed by atoms with Crippen LogP contribution in [0.25, 0.3) is 0 Å². The van der Waals surface area contributed by atoms with Crippen molar-refractivity contribution >= 4 is 5.91 Å². The molecule has 22 heavy (non-hydrogen) atoms. The molecule has 1 aliphatic carbocycles. The summed E-state index contributed by atoms with van der Waals surface area (Å²) in [6.45, 7) is 2.37. The molecule has 1 heterocycles. The summed E-state index contributed by atoms with van der Waals surface area (Å²) >= 11 is 0. The first-order chi connectivity index (χ1) is 10.6. The quantitative estimate of drug-likeness (QED) is 0.914. The van der Waals surface area contributed by atoms with Crippen LogP contribution in [0, 0.1) is 6.92 Å². The van der Waals surface area contributed by atoms with Gasteiger partial charge in [-0.2, -0.15) is 0 Å². The summed E-state index contributed by atoms with van der Waals surface area (Å²) in [7, 11) is 0.